The lowest BCUT2D eigenvalue weighted by molar-refractivity contribution is -0.130. The van der Waals surface area contributed by atoms with Crippen molar-refractivity contribution in [3.8, 4) is 5.75 Å². The number of carbonyl (C=O) groups is 4. The molecule has 1 aliphatic heterocycles. The first-order valence-electron chi connectivity index (χ1n) is 12.4. The molecule has 1 saturated heterocycles. The van der Waals surface area contributed by atoms with Crippen LogP contribution in [0.4, 0.5) is 0 Å². The third kappa shape index (κ3) is 4.37. The van der Waals surface area contributed by atoms with Crippen LogP contribution in [0.5, 0.6) is 5.75 Å². The lowest BCUT2D eigenvalue weighted by Gasteiger charge is -2.34. The summed E-state index contributed by atoms with van der Waals surface area (Å²) in [5, 5.41) is 0. The number of esters is 1. The fourth-order valence-corrected chi connectivity index (χ4v) is 5.01. The van der Waals surface area contributed by atoms with Gasteiger partial charge in [-0.25, -0.2) is 4.79 Å². The Labute approximate surface area is 213 Å². The van der Waals surface area contributed by atoms with Crippen LogP contribution in [0.3, 0.4) is 0 Å². The number of pyridine rings is 2. The Hall–Kier alpha value is -4.05. The number of ketones is 2. The van der Waals surface area contributed by atoms with Crippen molar-refractivity contribution in [2.75, 3.05) is 45.9 Å². The molecule has 0 atom stereocenters. The highest BCUT2D eigenvalue weighted by molar-refractivity contribution is 6.31. The zero-order chi connectivity index (χ0) is 26.1. The molecule has 1 aliphatic carbocycles. The predicted molar refractivity (Wildman–Crippen MR) is 133 cm³/mol. The maximum Gasteiger partial charge on any atom is 0.341 e. The number of hydrogen-bond acceptors (Lipinski definition) is 8. The van der Waals surface area contributed by atoms with Crippen LogP contribution in [0.2, 0.25) is 0 Å². The molecular formula is C27H28N4O6. The van der Waals surface area contributed by atoms with Gasteiger partial charge in [0, 0.05) is 52.0 Å². The summed E-state index contributed by atoms with van der Waals surface area (Å²) < 4.78 is 12.9. The maximum absolute atomic E-state index is 13.5. The number of hydrogen-bond donors (Lipinski definition) is 0. The first kappa shape index (κ1) is 24.6. The van der Waals surface area contributed by atoms with Crippen LogP contribution in [0.1, 0.15) is 62.7 Å². The lowest BCUT2D eigenvalue weighted by Crippen LogP contribution is -2.48. The van der Waals surface area contributed by atoms with Crippen LogP contribution in [-0.4, -0.2) is 88.6 Å². The Bertz CT molecular complexity index is 1400. The van der Waals surface area contributed by atoms with E-state index in [0.717, 1.165) is 26.1 Å². The minimum Gasteiger partial charge on any atom is -0.491 e. The fraction of sp³-hybridized carbons (Fsp3) is 0.370. The predicted octanol–water partition coefficient (Wildman–Crippen LogP) is 2.22. The fourth-order valence-electron chi connectivity index (χ4n) is 5.01. The SMILES string of the molecule is CCOC(=O)c1c2c(n3cccc(OCCCN4CCN(C(C)=O)CC4)c13)C(=O)c1ncccc1C2=O. The monoisotopic (exact) mass is 504 g/mol. The smallest absolute Gasteiger partial charge is 0.341 e. The molecule has 0 bridgehead atoms. The summed E-state index contributed by atoms with van der Waals surface area (Å²) in [6.45, 7) is 7.61. The number of amides is 1. The van der Waals surface area contributed by atoms with Crippen molar-refractivity contribution in [2.24, 2.45) is 0 Å². The summed E-state index contributed by atoms with van der Waals surface area (Å²) in [7, 11) is 0. The second kappa shape index (κ2) is 10.1. The lowest BCUT2D eigenvalue weighted by atomic mass is 9.89. The highest BCUT2D eigenvalue weighted by atomic mass is 16.5. The average molecular weight is 505 g/mol. The molecule has 0 unspecified atom stereocenters. The van der Waals surface area contributed by atoms with E-state index in [2.05, 4.69) is 9.88 Å². The van der Waals surface area contributed by atoms with Crippen LogP contribution >= 0.6 is 0 Å². The summed E-state index contributed by atoms with van der Waals surface area (Å²) in [4.78, 5) is 59.8. The van der Waals surface area contributed by atoms with E-state index in [1.807, 2.05) is 4.90 Å². The van der Waals surface area contributed by atoms with E-state index in [1.54, 1.807) is 38.2 Å². The van der Waals surface area contributed by atoms with E-state index < -0.39 is 17.5 Å². The van der Waals surface area contributed by atoms with Crippen molar-refractivity contribution in [3.05, 3.63) is 64.7 Å². The Morgan fingerprint density at radius 2 is 1.84 bits per heavy atom. The van der Waals surface area contributed by atoms with Crippen molar-refractivity contribution >= 4 is 29.0 Å². The van der Waals surface area contributed by atoms with Gasteiger partial charge in [0.2, 0.25) is 11.7 Å². The number of piperazine rings is 1. The van der Waals surface area contributed by atoms with Crippen molar-refractivity contribution in [2.45, 2.75) is 20.3 Å². The summed E-state index contributed by atoms with van der Waals surface area (Å²) in [6, 6.07) is 6.56. The molecule has 0 N–H and O–H groups in total. The van der Waals surface area contributed by atoms with Gasteiger partial charge in [0.05, 0.1) is 24.3 Å². The molecule has 5 rings (SSSR count). The number of aromatic nitrogens is 2. The van der Waals surface area contributed by atoms with Crippen molar-refractivity contribution in [1.29, 1.82) is 0 Å². The van der Waals surface area contributed by atoms with E-state index in [1.165, 1.54) is 16.7 Å². The van der Waals surface area contributed by atoms with Crippen molar-refractivity contribution < 1.29 is 28.7 Å². The molecule has 0 spiro atoms. The minimum atomic E-state index is -0.686. The van der Waals surface area contributed by atoms with Gasteiger partial charge in [-0.15, -0.1) is 0 Å². The minimum absolute atomic E-state index is 0.0170. The van der Waals surface area contributed by atoms with Gasteiger partial charge in [0.25, 0.3) is 0 Å². The van der Waals surface area contributed by atoms with E-state index >= 15 is 0 Å². The topological polar surface area (TPSA) is 111 Å². The molecule has 192 valence electrons. The molecule has 3 aromatic heterocycles. The Morgan fingerprint density at radius 1 is 1.05 bits per heavy atom. The molecule has 1 fully saturated rings. The van der Waals surface area contributed by atoms with Gasteiger partial charge in [0.1, 0.15) is 28.2 Å². The molecule has 10 heteroatoms. The highest BCUT2D eigenvalue weighted by Gasteiger charge is 2.40. The van der Waals surface area contributed by atoms with Gasteiger partial charge in [-0.3, -0.25) is 24.3 Å². The average Bonchev–Trinajstić information content (AvgIpc) is 3.27. The molecule has 4 heterocycles. The van der Waals surface area contributed by atoms with Gasteiger partial charge in [0.15, 0.2) is 5.78 Å². The number of carbonyl (C=O) groups excluding carboxylic acids is 4. The molecule has 0 aromatic carbocycles. The summed E-state index contributed by atoms with van der Waals surface area (Å²) in [5.74, 6) is -1.08. The van der Waals surface area contributed by atoms with Crippen LogP contribution < -0.4 is 4.74 Å². The second-order valence-electron chi connectivity index (χ2n) is 9.02. The third-order valence-corrected chi connectivity index (χ3v) is 6.80. The molecule has 0 radical (unpaired) electrons. The van der Waals surface area contributed by atoms with Crippen molar-refractivity contribution in [3.63, 3.8) is 0 Å². The van der Waals surface area contributed by atoms with Gasteiger partial charge in [-0.1, -0.05) is 0 Å². The van der Waals surface area contributed by atoms with Crippen LogP contribution in [0, 0.1) is 0 Å². The summed E-state index contributed by atoms with van der Waals surface area (Å²) in [5.41, 5.74) is 0.683. The summed E-state index contributed by atoms with van der Waals surface area (Å²) >= 11 is 0. The van der Waals surface area contributed by atoms with Crippen molar-refractivity contribution in [1.82, 2.24) is 19.2 Å². The second-order valence-corrected chi connectivity index (χ2v) is 9.02. The number of nitrogens with zero attached hydrogens (tertiary/aromatic N) is 4. The zero-order valence-electron chi connectivity index (χ0n) is 20.9. The number of fused-ring (bicyclic) bond motifs is 4. The van der Waals surface area contributed by atoms with Gasteiger partial charge in [-0.05, 0) is 37.6 Å². The zero-order valence-corrected chi connectivity index (χ0v) is 20.9. The molecule has 2 aliphatic rings. The Morgan fingerprint density at radius 3 is 2.57 bits per heavy atom. The molecule has 10 nitrogen and oxygen atoms in total. The molecule has 1 amide bonds. The van der Waals surface area contributed by atoms with Crippen LogP contribution in [0.15, 0.2) is 36.7 Å². The number of ether oxygens (including phenoxy) is 2. The maximum atomic E-state index is 13.5. The molecule has 37 heavy (non-hydrogen) atoms. The summed E-state index contributed by atoms with van der Waals surface area (Å²) in [6.07, 6.45) is 3.83. The standard InChI is InChI=1S/C27H28N4O6/c1-3-36-27(35)21-20-24(26(34)22-18(25(20)33)7-4-9-28-22)31-11-5-8-19(23(21)31)37-16-6-10-29-12-14-30(15-13-29)17(2)32/h4-5,7-9,11H,3,6,10,12-16H2,1-2H3. The normalized spacial score (nSPS) is 15.5. The number of rotatable bonds is 7. The van der Waals surface area contributed by atoms with Gasteiger partial charge >= 0.3 is 5.97 Å². The van der Waals surface area contributed by atoms with Gasteiger partial charge < -0.3 is 18.8 Å². The third-order valence-electron chi connectivity index (χ3n) is 6.80. The van der Waals surface area contributed by atoms with Crippen LogP contribution in [0.25, 0.3) is 5.52 Å². The Kier molecular flexibility index (Phi) is 6.75. The molecule has 3 aromatic rings. The first-order chi connectivity index (χ1) is 17.9. The van der Waals surface area contributed by atoms with E-state index in [-0.39, 0.29) is 40.6 Å². The molecular weight excluding hydrogens is 476 g/mol. The van der Waals surface area contributed by atoms with E-state index in [4.69, 9.17) is 9.47 Å². The molecule has 0 saturated carbocycles. The van der Waals surface area contributed by atoms with E-state index in [9.17, 15) is 19.2 Å². The Balaban J connectivity index is 1.43. The quantitative estimate of drug-likeness (QED) is 0.278. The largest absolute Gasteiger partial charge is 0.491 e. The first-order valence-corrected chi connectivity index (χ1v) is 12.4. The highest BCUT2D eigenvalue weighted by Crippen LogP contribution is 2.37. The van der Waals surface area contributed by atoms with Gasteiger partial charge in [-0.2, -0.15) is 0 Å². The van der Waals surface area contributed by atoms with Crippen LogP contribution in [-0.2, 0) is 9.53 Å². The van der Waals surface area contributed by atoms with E-state index in [0.29, 0.717) is 31.0 Å².